The Bertz CT molecular complexity index is 895. The zero-order chi connectivity index (χ0) is 18.7. The molecule has 0 aliphatic carbocycles. The van der Waals surface area contributed by atoms with Crippen LogP contribution in [0.25, 0.3) is 10.2 Å². The van der Waals surface area contributed by atoms with Gasteiger partial charge in [0.25, 0.3) is 5.91 Å². The first-order valence-corrected chi connectivity index (χ1v) is 9.48. The second-order valence-electron chi connectivity index (χ2n) is 6.15. The van der Waals surface area contributed by atoms with Gasteiger partial charge in [-0.2, -0.15) is 0 Å². The summed E-state index contributed by atoms with van der Waals surface area (Å²) < 4.78 is 6.45. The molecule has 1 heterocycles. The first kappa shape index (κ1) is 18.6. The van der Waals surface area contributed by atoms with E-state index >= 15 is 0 Å². The summed E-state index contributed by atoms with van der Waals surface area (Å²) in [5, 5.41) is 4.47. The summed E-state index contributed by atoms with van der Waals surface area (Å²) in [6, 6.07) is 13.0. The number of fused-ring (bicyclic) bond motifs is 1. The maximum absolute atomic E-state index is 12.6. The van der Waals surface area contributed by atoms with Gasteiger partial charge < -0.3 is 15.0 Å². The number of nitrogens with zero attached hydrogens (tertiary/aromatic N) is 1. The van der Waals surface area contributed by atoms with E-state index in [1.807, 2.05) is 32.2 Å². The molecule has 0 aliphatic rings. The molecule has 0 fully saturated rings. The van der Waals surface area contributed by atoms with Crippen LogP contribution in [0, 0.1) is 0 Å². The highest BCUT2D eigenvalue weighted by molar-refractivity contribution is 7.18. The van der Waals surface area contributed by atoms with Crippen LogP contribution >= 0.6 is 22.9 Å². The number of rotatable bonds is 6. The molecule has 0 radical (unpaired) electrons. The molecule has 26 heavy (non-hydrogen) atoms. The number of benzene rings is 2. The second kappa shape index (κ2) is 8.03. The first-order valence-electron chi connectivity index (χ1n) is 8.29. The lowest BCUT2D eigenvalue weighted by atomic mass is 10.2. The SMILES string of the molecule is COc1ccc(Cl)cc1NC(=O)[C@@H](C)[NH+](C)Cc1nc2ccccc2s1. The van der Waals surface area contributed by atoms with Crippen molar-refractivity contribution < 1.29 is 14.4 Å². The summed E-state index contributed by atoms with van der Waals surface area (Å²) in [6.45, 7) is 2.58. The molecular weight excluding hydrogens is 370 g/mol. The monoisotopic (exact) mass is 390 g/mol. The Balaban J connectivity index is 1.68. The maximum atomic E-state index is 12.6. The van der Waals surface area contributed by atoms with Gasteiger partial charge in [-0.15, -0.1) is 11.3 Å². The predicted molar refractivity (Wildman–Crippen MR) is 106 cm³/mol. The number of nitrogens with one attached hydrogen (secondary N) is 2. The van der Waals surface area contributed by atoms with Gasteiger partial charge in [0.2, 0.25) is 0 Å². The molecule has 2 atom stereocenters. The molecule has 0 spiro atoms. The molecule has 0 saturated heterocycles. The van der Waals surface area contributed by atoms with Gasteiger partial charge in [-0.25, -0.2) is 4.98 Å². The summed E-state index contributed by atoms with van der Waals surface area (Å²) >= 11 is 7.69. The summed E-state index contributed by atoms with van der Waals surface area (Å²) in [4.78, 5) is 18.4. The minimum Gasteiger partial charge on any atom is -0.495 e. The van der Waals surface area contributed by atoms with E-state index in [4.69, 9.17) is 16.3 Å². The van der Waals surface area contributed by atoms with Gasteiger partial charge in [0, 0.05) is 5.02 Å². The largest absolute Gasteiger partial charge is 0.495 e. The molecule has 1 unspecified atom stereocenters. The molecule has 0 saturated carbocycles. The predicted octanol–water partition coefficient (Wildman–Crippen LogP) is 3.00. The van der Waals surface area contributed by atoms with Gasteiger partial charge in [0.05, 0.1) is 30.1 Å². The van der Waals surface area contributed by atoms with Crippen molar-refractivity contribution in [3.63, 3.8) is 0 Å². The molecular formula is C19H21ClN3O2S+. The van der Waals surface area contributed by atoms with E-state index in [0.717, 1.165) is 20.1 Å². The van der Waals surface area contributed by atoms with E-state index in [1.165, 1.54) is 0 Å². The Morgan fingerprint density at radius 3 is 2.85 bits per heavy atom. The number of halogens is 1. The number of ether oxygens (including phenoxy) is 1. The van der Waals surface area contributed by atoms with E-state index < -0.39 is 0 Å². The first-order chi connectivity index (χ1) is 12.5. The van der Waals surface area contributed by atoms with Crippen LogP contribution in [0.4, 0.5) is 5.69 Å². The van der Waals surface area contributed by atoms with Gasteiger partial charge in [0.1, 0.15) is 17.3 Å². The number of hydrogen-bond acceptors (Lipinski definition) is 4. The molecule has 136 valence electrons. The third-order valence-corrected chi connectivity index (χ3v) is 5.59. The maximum Gasteiger partial charge on any atom is 0.282 e. The average Bonchev–Trinajstić information content (AvgIpc) is 3.03. The van der Waals surface area contributed by atoms with Crippen LogP contribution in [0.3, 0.4) is 0 Å². The number of carbonyl (C=O) groups is 1. The molecule has 5 nitrogen and oxygen atoms in total. The van der Waals surface area contributed by atoms with Crippen LogP contribution in [0.15, 0.2) is 42.5 Å². The quantitative estimate of drug-likeness (QED) is 0.680. The smallest absolute Gasteiger partial charge is 0.282 e. The number of quaternary nitrogens is 1. The fraction of sp³-hybridized carbons (Fsp3) is 0.263. The lowest BCUT2D eigenvalue weighted by Crippen LogP contribution is -3.12. The molecule has 1 amide bonds. The van der Waals surface area contributed by atoms with Crippen LogP contribution in [-0.4, -0.2) is 31.1 Å². The normalized spacial score (nSPS) is 13.4. The highest BCUT2D eigenvalue weighted by Gasteiger charge is 2.24. The van der Waals surface area contributed by atoms with Crippen molar-refractivity contribution in [1.29, 1.82) is 0 Å². The summed E-state index contributed by atoms with van der Waals surface area (Å²) in [5.74, 6) is 0.489. The van der Waals surface area contributed by atoms with Crippen molar-refractivity contribution in [2.45, 2.75) is 19.5 Å². The van der Waals surface area contributed by atoms with Crippen molar-refractivity contribution in [2.24, 2.45) is 0 Å². The minimum atomic E-state index is -0.259. The summed E-state index contributed by atoms with van der Waals surface area (Å²) in [5.41, 5.74) is 1.57. The van der Waals surface area contributed by atoms with E-state index in [-0.39, 0.29) is 11.9 Å². The topological polar surface area (TPSA) is 55.7 Å². The van der Waals surface area contributed by atoms with Crippen molar-refractivity contribution in [1.82, 2.24) is 4.98 Å². The van der Waals surface area contributed by atoms with Crippen molar-refractivity contribution in [2.75, 3.05) is 19.5 Å². The number of carbonyl (C=O) groups excluding carboxylic acids is 1. The third-order valence-electron chi connectivity index (χ3n) is 4.32. The molecule has 2 aromatic carbocycles. The number of methoxy groups -OCH3 is 1. The molecule has 0 bridgehead atoms. The average molecular weight is 391 g/mol. The number of likely N-dealkylation sites (N-methyl/N-ethyl adjacent to an activating group) is 1. The van der Waals surface area contributed by atoms with Gasteiger partial charge in [-0.1, -0.05) is 23.7 Å². The lowest BCUT2D eigenvalue weighted by molar-refractivity contribution is -0.907. The number of hydrogen-bond donors (Lipinski definition) is 2. The van der Waals surface area contributed by atoms with Crippen LogP contribution in [0.5, 0.6) is 5.75 Å². The minimum absolute atomic E-state index is 0.0934. The highest BCUT2D eigenvalue weighted by Crippen LogP contribution is 2.27. The fourth-order valence-corrected chi connectivity index (χ4v) is 3.86. The fourth-order valence-electron chi connectivity index (χ4n) is 2.63. The Hall–Kier alpha value is -2.15. The Labute approximate surface area is 161 Å². The molecule has 2 N–H and O–H groups in total. The van der Waals surface area contributed by atoms with E-state index in [9.17, 15) is 4.79 Å². The Morgan fingerprint density at radius 2 is 2.12 bits per heavy atom. The third kappa shape index (κ3) is 4.15. The van der Waals surface area contributed by atoms with Gasteiger partial charge in [-0.05, 0) is 37.3 Å². The van der Waals surface area contributed by atoms with Gasteiger partial charge in [-0.3, -0.25) is 4.79 Å². The standard InChI is InChI=1S/C19H20ClN3O2S/c1-12(19(24)22-15-10-13(20)8-9-16(15)25-3)23(2)11-18-21-14-6-4-5-7-17(14)26-18/h4-10,12H,11H2,1-3H3,(H,22,24)/p+1/t12-/m1/s1. The molecule has 1 aromatic heterocycles. The highest BCUT2D eigenvalue weighted by atomic mass is 35.5. The van der Waals surface area contributed by atoms with Crippen LogP contribution in [-0.2, 0) is 11.3 Å². The van der Waals surface area contributed by atoms with Crippen molar-refractivity contribution in [3.8, 4) is 5.75 Å². The zero-order valence-electron chi connectivity index (χ0n) is 14.9. The number of para-hydroxylation sites is 1. The summed E-state index contributed by atoms with van der Waals surface area (Å²) in [6.07, 6.45) is 0. The zero-order valence-corrected chi connectivity index (χ0v) is 16.4. The summed E-state index contributed by atoms with van der Waals surface area (Å²) in [7, 11) is 3.55. The number of thiazole rings is 1. The van der Waals surface area contributed by atoms with Crippen LogP contribution in [0.1, 0.15) is 11.9 Å². The van der Waals surface area contributed by atoms with Crippen molar-refractivity contribution >= 4 is 44.7 Å². The van der Waals surface area contributed by atoms with Crippen LogP contribution < -0.4 is 15.0 Å². The van der Waals surface area contributed by atoms with Gasteiger partial charge >= 0.3 is 0 Å². The molecule has 3 aromatic rings. The second-order valence-corrected chi connectivity index (χ2v) is 7.71. The molecule has 3 rings (SSSR count). The van der Waals surface area contributed by atoms with Crippen molar-refractivity contribution in [3.05, 3.63) is 52.5 Å². The van der Waals surface area contributed by atoms with E-state index in [1.54, 1.807) is 36.6 Å². The van der Waals surface area contributed by atoms with E-state index in [2.05, 4.69) is 16.4 Å². The van der Waals surface area contributed by atoms with Crippen LogP contribution in [0.2, 0.25) is 5.02 Å². The number of aromatic nitrogens is 1. The van der Waals surface area contributed by atoms with E-state index in [0.29, 0.717) is 23.0 Å². The number of amides is 1. The molecule has 0 aliphatic heterocycles. The Kier molecular flexibility index (Phi) is 5.76. The lowest BCUT2D eigenvalue weighted by Gasteiger charge is -2.20. The Morgan fingerprint density at radius 1 is 1.35 bits per heavy atom. The molecule has 7 heteroatoms. The van der Waals surface area contributed by atoms with Gasteiger partial charge in [0.15, 0.2) is 6.04 Å². The number of anilines is 1.